The Bertz CT molecular complexity index is 1160. The molecule has 1 aromatic carbocycles. The van der Waals surface area contributed by atoms with Gasteiger partial charge in [-0.1, -0.05) is 20.8 Å². The van der Waals surface area contributed by atoms with E-state index in [0.29, 0.717) is 39.7 Å². The topological polar surface area (TPSA) is 106 Å². The van der Waals surface area contributed by atoms with Gasteiger partial charge in [0.15, 0.2) is 5.82 Å². The van der Waals surface area contributed by atoms with Gasteiger partial charge in [-0.2, -0.15) is 0 Å². The first-order valence-corrected chi connectivity index (χ1v) is 16.9. The molecule has 1 fully saturated rings. The molecule has 0 N–H and O–H groups in total. The Balaban J connectivity index is 1.94. The number of halogens is 1. The second-order valence-corrected chi connectivity index (χ2v) is 16.6. The molecule has 0 saturated carbocycles. The van der Waals surface area contributed by atoms with E-state index in [1.54, 1.807) is 19.2 Å². The fourth-order valence-electron chi connectivity index (χ4n) is 3.77. The maximum absolute atomic E-state index is 12.6. The van der Waals surface area contributed by atoms with Crippen LogP contribution in [0, 0.1) is 0 Å². The van der Waals surface area contributed by atoms with Crippen LogP contribution in [0.15, 0.2) is 28.9 Å². The van der Waals surface area contributed by atoms with E-state index in [1.165, 1.54) is 6.92 Å². The van der Waals surface area contributed by atoms with E-state index >= 15 is 0 Å². The van der Waals surface area contributed by atoms with Crippen molar-refractivity contribution >= 4 is 36.2 Å². The molecule has 214 valence electrons. The average molecular weight is 624 g/mol. The Hall–Kier alpha value is -2.50. The molecule has 39 heavy (non-hydrogen) atoms. The van der Waals surface area contributed by atoms with Gasteiger partial charge in [0.25, 0.3) is 8.32 Å². The minimum absolute atomic E-state index is 0.0270. The summed E-state index contributed by atoms with van der Waals surface area (Å²) in [5, 5.41) is -0.0270. The Labute approximate surface area is 240 Å². The smallest absolute Gasteiger partial charge is 0.347 e. The summed E-state index contributed by atoms with van der Waals surface area (Å²) in [6.45, 7) is 14.8. The van der Waals surface area contributed by atoms with Crippen LogP contribution < -0.4 is 9.16 Å². The largest absolute Gasteiger partial charge is 0.543 e. The molecule has 1 saturated heterocycles. The van der Waals surface area contributed by atoms with Crippen molar-refractivity contribution in [1.29, 1.82) is 0 Å². The average Bonchev–Trinajstić information content (AvgIpc) is 3.39. The Morgan fingerprint density at radius 2 is 1.97 bits per heavy atom. The summed E-state index contributed by atoms with van der Waals surface area (Å²) in [6, 6.07) is 5.45. The van der Waals surface area contributed by atoms with E-state index in [4.69, 9.17) is 23.4 Å². The first kappa shape index (κ1) is 31.0. The van der Waals surface area contributed by atoms with Crippen molar-refractivity contribution in [2.24, 2.45) is 0 Å². The number of aromatic nitrogens is 2. The highest BCUT2D eigenvalue weighted by atomic mass is 79.9. The molecular formula is C28H39BrN2O7Si. The van der Waals surface area contributed by atoms with E-state index in [0.717, 1.165) is 12.8 Å². The van der Waals surface area contributed by atoms with Crippen molar-refractivity contribution in [3.05, 3.63) is 46.0 Å². The fraction of sp³-hybridized carbons (Fsp3) is 0.571. The molecular weight excluding hydrogens is 584 g/mol. The monoisotopic (exact) mass is 622 g/mol. The number of hydrogen-bond acceptors (Lipinski definition) is 9. The predicted octanol–water partition coefficient (Wildman–Crippen LogP) is 6.09. The number of ether oxygens (including phenoxy) is 4. The van der Waals surface area contributed by atoms with Crippen LogP contribution in [0.25, 0.3) is 0 Å². The van der Waals surface area contributed by atoms with Crippen LogP contribution in [0.1, 0.15) is 70.6 Å². The second-order valence-electron chi connectivity index (χ2n) is 11.0. The first-order chi connectivity index (χ1) is 18.3. The normalized spacial score (nSPS) is 16.5. The Kier molecular flexibility index (Phi) is 10.5. The van der Waals surface area contributed by atoms with E-state index < -0.39 is 26.4 Å². The van der Waals surface area contributed by atoms with Gasteiger partial charge in [0.2, 0.25) is 6.10 Å². The quantitative estimate of drug-likeness (QED) is 0.217. The zero-order valence-corrected chi connectivity index (χ0v) is 26.4. The number of rotatable bonds is 11. The molecule has 1 aromatic heterocycles. The van der Waals surface area contributed by atoms with Gasteiger partial charge >= 0.3 is 11.9 Å². The first-order valence-electron chi connectivity index (χ1n) is 13.2. The molecule has 1 unspecified atom stereocenters. The zero-order valence-electron chi connectivity index (χ0n) is 23.8. The van der Waals surface area contributed by atoms with Crippen molar-refractivity contribution < 1.29 is 33.0 Å². The number of carbonyl (C=O) groups is 2. The van der Waals surface area contributed by atoms with Gasteiger partial charge in [-0.15, -0.1) is 0 Å². The van der Waals surface area contributed by atoms with Crippen molar-refractivity contribution in [2.75, 3.05) is 13.2 Å². The summed E-state index contributed by atoms with van der Waals surface area (Å²) in [4.78, 5) is 33.4. The van der Waals surface area contributed by atoms with Gasteiger partial charge in [0.05, 0.1) is 16.8 Å². The molecule has 2 aromatic rings. The summed E-state index contributed by atoms with van der Waals surface area (Å²) in [6.07, 6.45) is 2.40. The maximum Gasteiger partial charge on any atom is 0.347 e. The molecule has 2 atom stereocenters. The predicted molar refractivity (Wildman–Crippen MR) is 152 cm³/mol. The summed E-state index contributed by atoms with van der Waals surface area (Å²) in [7, 11) is -2.19. The third-order valence-corrected chi connectivity index (χ3v) is 11.8. The number of benzene rings is 1. The molecule has 1 aliphatic rings. The molecule has 0 amide bonds. The Morgan fingerprint density at radius 3 is 2.59 bits per heavy atom. The number of esters is 2. The maximum atomic E-state index is 12.6. The molecule has 9 nitrogen and oxygen atoms in total. The van der Waals surface area contributed by atoms with E-state index in [9.17, 15) is 9.59 Å². The zero-order chi connectivity index (χ0) is 28.8. The van der Waals surface area contributed by atoms with Crippen LogP contribution in [0.3, 0.4) is 0 Å². The van der Waals surface area contributed by atoms with Crippen molar-refractivity contribution in [2.45, 2.75) is 90.8 Å². The van der Waals surface area contributed by atoms with Crippen LogP contribution in [0.2, 0.25) is 18.1 Å². The lowest BCUT2D eigenvalue weighted by Gasteiger charge is -2.37. The number of hydrogen-bond donors (Lipinski definition) is 0. The van der Waals surface area contributed by atoms with Crippen molar-refractivity contribution in [3.8, 4) is 11.5 Å². The standard InChI is InChI=1S/C28H39BrN2O7Si/c1-8-34-27(33)25(37-18(2)32)15-19-14-24(38-39(6,7)28(3,4)5)21(29)16-23(19)36-17-20-11-12-30-26(31-20)22-10-9-13-35-22/h11-12,14,16,22,25H,8-10,13,15,17H2,1-7H3/t22-,25?/m0/s1. The van der Waals surface area contributed by atoms with Gasteiger partial charge in [-0.05, 0) is 72.0 Å². The van der Waals surface area contributed by atoms with E-state index in [2.05, 4.69) is 59.8 Å². The lowest BCUT2D eigenvalue weighted by Crippen LogP contribution is -2.44. The van der Waals surface area contributed by atoms with Crippen LogP contribution in [-0.4, -0.2) is 49.5 Å². The highest BCUT2D eigenvalue weighted by molar-refractivity contribution is 9.10. The minimum atomic E-state index is -2.19. The van der Waals surface area contributed by atoms with Crippen molar-refractivity contribution in [1.82, 2.24) is 9.97 Å². The highest BCUT2D eigenvalue weighted by Crippen LogP contribution is 2.41. The Morgan fingerprint density at radius 1 is 1.23 bits per heavy atom. The molecule has 0 bridgehead atoms. The summed E-state index contributed by atoms with van der Waals surface area (Å²) in [5.74, 6) is 0.587. The van der Waals surface area contributed by atoms with Gasteiger partial charge < -0.3 is 23.4 Å². The number of nitrogens with zero attached hydrogens (tertiary/aromatic N) is 2. The van der Waals surface area contributed by atoms with E-state index in [1.807, 2.05) is 12.1 Å². The summed E-state index contributed by atoms with van der Waals surface area (Å²) < 4.78 is 29.7. The third-order valence-electron chi connectivity index (χ3n) is 6.87. The third kappa shape index (κ3) is 8.49. The van der Waals surface area contributed by atoms with Crippen molar-refractivity contribution in [3.63, 3.8) is 0 Å². The molecule has 0 spiro atoms. The van der Waals surface area contributed by atoms with Crippen LogP contribution >= 0.6 is 15.9 Å². The molecule has 0 radical (unpaired) electrons. The molecule has 2 heterocycles. The molecule has 0 aliphatic carbocycles. The van der Waals surface area contributed by atoms with E-state index in [-0.39, 0.29) is 30.8 Å². The molecule has 3 rings (SSSR count). The summed E-state index contributed by atoms with van der Waals surface area (Å²) >= 11 is 3.64. The fourth-order valence-corrected chi connectivity index (χ4v) is 5.34. The lowest BCUT2D eigenvalue weighted by atomic mass is 10.1. The molecule has 1 aliphatic heterocycles. The SMILES string of the molecule is CCOC(=O)C(Cc1cc(O[Si](C)(C)C(C)(C)C)c(Br)cc1OCc1ccnc([C@@H]2CCCO2)n1)OC(C)=O. The highest BCUT2D eigenvalue weighted by Gasteiger charge is 2.39. The van der Waals surface area contributed by atoms with Gasteiger partial charge in [-0.25, -0.2) is 14.8 Å². The van der Waals surface area contributed by atoms with Gasteiger partial charge in [0.1, 0.15) is 24.2 Å². The summed E-state index contributed by atoms with van der Waals surface area (Å²) in [5.41, 5.74) is 1.33. The van der Waals surface area contributed by atoms with Crippen LogP contribution in [0.4, 0.5) is 0 Å². The molecule has 11 heteroatoms. The van der Waals surface area contributed by atoms with Crippen LogP contribution in [0.5, 0.6) is 11.5 Å². The van der Waals surface area contributed by atoms with Gasteiger partial charge in [0, 0.05) is 31.7 Å². The second kappa shape index (κ2) is 13.2. The minimum Gasteiger partial charge on any atom is -0.543 e. The lowest BCUT2D eigenvalue weighted by molar-refractivity contribution is -0.166. The van der Waals surface area contributed by atoms with Gasteiger partial charge in [-0.3, -0.25) is 4.79 Å². The van der Waals surface area contributed by atoms with Crippen LogP contribution in [-0.2, 0) is 36.8 Å². The number of carbonyl (C=O) groups excluding carboxylic acids is 2.